The minimum Gasteiger partial charge on any atom is -0.508 e. The summed E-state index contributed by atoms with van der Waals surface area (Å²) < 4.78 is 33.0. The summed E-state index contributed by atoms with van der Waals surface area (Å²) in [7, 11) is 1.15. The maximum Gasteiger partial charge on any atom is 0.239 e. The van der Waals surface area contributed by atoms with Crippen LogP contribution in [0, 0.1) is 0 Å². The van der Waals surface area contributed by atoms with Gasteiger partial charge in [0.05, 0.1) is 20.3 Å². The molecule has 3 aromatic rings. The van der Waals surface area contributed by atoms with Gasteiger partial charge in [-0.05, 0) is 12.1 Å². The van der Waals surface area contributed by atoms with Crippen molar-refractivity contribution in [3.05, 3.63) is 34.5 Å². The number of phenolic OH excluding ortho intramolecular Hbond substituents is 3. The van der Waals surface area contributed by atoms with Crippen molar-refractivity contribution in [2.24, 2.45) is 0 Å². The van der Waals surface area contributed by atoms with E-state index in [1.807, 2.05) is 0 Å². The Morgan fingerprint density at radius 3 is 1.80 bits per heavy atom. The van der Waals surface area contributed by atoms with E-state index >= 15 is 0 Å². The van der Waals surface area contributed by atoms with Crippen LogP contribution in [0.4, 0.5) is 0 Å². The average molecular weight is 657 g/mol. The van der Waals surface area contributed by atoms with Gasteiger partial charge in [0.15, 0.2) is 17.3 Å². The summed E-state index contributed by atoms with van der Waals surface area (Å²) >= 11 is 0. The van der Waals surface area contributed by atoms with E-state index < -0.39 is 120 Å². The monoisotopic (exact) mass is 656 g/mol. The van der Waals surface area contributed by atoms with Gasteiger partial charge < -0.3 is 84.3 Å². The quantitative estimate of drug-likeness (QED) is 0.115. The number of aliphatic hydroxyl groups excluding tert-OH is 8. The van der Waals surface area contributed by atoms with E-state index in [0.717, 1.165) is 31.4 Å². The summed E-state index contributed by atoms with van der Waals surface area (Å²) in [5.41, 5.74) is -1.65. The lowest BCUT2D eigenvalue weighted by Gasteiger charge is -2.39. The number of hydrogen-bond acceptors (Lipinski definition) is 18. The zero-order chi connectivity index (χ0) is 33.6. The van der Waals surface area contributed by atoms with Gasteiger partial charge in [0.1, 0.15) is 71.3 Å². The maximum atomic E-state index is 13.8. The summed E-state index contributed by atoms with van der Waals surface area (Å²) in [6.07, 6.45) is -17.6. The van der Waals surface area contributed by atoms with Crippen molar-refractivity contribution in [3.63, 3.8) is 0 Å². The molecule has 2 aliphatic heterocycles. The first-order valence-corrected chi connectivity index (χ1v) is 13.7. The average Bonchev–Trinajstić information content (AvgIpc) is 3.02. The Bertz CT molecular complexity index is 1620. The lowest BCUT2D eigenvalue weighted by molar-refractivity contribution is -0.277. The van der Waals surface area contributed by atoms with Crippen molar-refractivity contribution in [2.75, 3.05) is 20.3 Å². The van der Waals surface area contributed by atoms with E-state index in [4.69, 9.17) is 28.1 Å². The number of phenols is 3. The van der Waals surface area contributed by atoms with Crippen LogP contribution in [0.5, 0.6) is 34.5 Å². The lowest BCUT2D eigenvalue weighted by Crippen LogP contribution is -2.60. The number of benzene rings is 2. The molecule has 2 fully saturated rings. The second kappa shape index (κ2) is 13.0. The molecule has 11 N–H and O–H groups in total. The molecule has 46 heavy (non-hydrogen) atoms. The maximum absolute atomic E-state index is 13.8. The zero-order valence-electron chi connectivity index (χ0n) is 23.8. The van der Waals surface area contributed by atoms with Crippen molar-refractivity contribution >= 4 is 11.0 Å². The van der Waals surface area contributed by atoms with Crippen molar-refractivity contribution in [2.45, 2.75) is 61.4 Å². The fourth-order valence-corrected chi connectivity index (χ4v) is 5.09. The Morgan fingerprint density at radius 2 is 1.26 bits per heavy atom. The van der Waals surface area contributed by atoms with Gasteiger partial charge in [-0.3, -0.25) is 4.79 Å². The van der Waals surface area contributed by atoms with Crippen molar-refractivity contribution in [3.8, 4) is 45.8 Å². The SMILES string of the molecule is COc1cc(-c2oc3cc(O)cc(O)c3c(=O)c2OC2O[C@H](CO)[C@@H](O)[C@H](O)[C@H]2O)cc(OC2O[C@H](CO)[C@@H](O)[C@H](O)[C@H]2O)c1O. The molecule has 18 nitrogen and oxygen atoms in total. The molecule has 252 valence electrons. The van der Waals surface area contributed by atoms with Gasteiger partial charge in [-0.15, -0.1) is 0 Å². The topological polar surface area (TPSA) is 299 Å². The first-order valence-electron chi connectivity index (χ1n) is 13.7. The minimum absolute atomic E-state index is 0.185. The van der Waals surface area contributed by atoms with Crippen LogP contribution in [0.3, 0.4) is 0 Å². The van der Waals surface area contributed by atoms with Gasteiger partial charge in [-0.2, -0.15) is 0 Å². The Morgan fingerprint density at radius 1 is 0.717 bits per heavy atom. The van der Waals surface area contributed by atoms with Gasteiger partial charge in [-0.25, -0.2) is 0 Å². The molecule has 0 radical (unpaired) electrons. The third-order valence-corrected chi connectivity index (χ3v) is 7.61. The standard InChI is InChI=1S/C28H32O18/c1-41-12-2-8(3-13(17(12)33)43-27-23(39)21(37)18(34)14(6-29)44-27)25-26(20(36)16-10(32)4-9(31)5-11(16)42-25)46-28-24(40)22(38)19(35)15(7-30)45-28/h2-5,14-15,18-19,21-24,27-35,37-40H,6-7H2,1H3/t14-,15-,18-,19-,21+,22+,23-,24-,27?,28?/m1/s1. The Kier molecular flexibility index (Phi) is 9.47. The molecule has 10 atom stereocenters. The van der Waals surface area contributed by atoms with E-state index in [2.05, 4.69) is 0 Å². The summed E-state index contributed by atoms with van der Waals surface area (Å²) in [6, 6.07) is 3.99. The fourth-order valence-electron chi connectivity index (χ4n) is 5.09. The predicted molar refractivity (Wildman–Crippen MR) is 148 cm³/mol. The number of rotatable bonds is 8. The first kappa shape index (κ1) is 33.4. The molecule has 2 aliphatic rings. The fraction of sp³-hybridized carbons (Fsp3) is 0.464. The van der Waals surface area contributed by atoms with Gasteiger partial charge in [0.2, 0.25) is 29.5 Å². The largest absolute Gasteiger partial charge is 0.508 e. The molecular weight excluding hydrogens is 624 g/mol. The van der Waals surface area contributed by atoms with Gasteiger partial charge in [-0.1, -0.05) is 0 Å². The Balaban J connectivity index is 1.66. The van der Waals surface area contributed by atoms with Crippen LogP contribution in [0.2, 0.25) is 0 Å². The number of ether oxygens (including phenoxy) is 5. The van der Waals surface area contributed by atoms with Gasteiger partial charge in [0, 0.05) is 17.7 Å². The van der Waals surface area contributed by atoms with Crippen LogP contribution >= 0.6 is 0 Å². The van der Waals surface area contributed by atoms with E-state index in [9.17, 15) is 61.0 Å². The highest BCUT2D eigenvalue weighted by Gasteiger charge is 2.46. The molecule has 5 rings (SSSR count). The molecule has 0 spiro atoms. The Labute approximate surface area is 257 Å². The highest BCUT2D eigenvalue weighted by atomic mass is 16.7. The summed E-state index contributed by atoms with van der Waals surface area (Å²) in [4.78, 5) is 13.8. The lowest BCUT2D eigenvalue weighted by atomic mass is 9.99. The molecule has 3 heterocycles. The predicted octanol–water partition coefficient (Wildman–Crippen LogP) is -3.06. The number of hydrogen-bond donors (Lipinski definition) is 11. The van der Waals surface area contributed by atoms with E-state index in [1.54, 1.807) is 0 Å². The smallest absolute Gasteiger partial charge is 0.239 e. The third-order valence-electron chi connectivity index (χ3n) is 7.61. The van der Waals surface area contributed by atoms with Crippen molar-refractivity contribution in [1.82, 2.24) is 0 Å². The van der Waals surface area contributed by atoms with Crippen LogP contribution < -0.4 is 19.6 Å². The molecule has 18 heteroatoms. The second-order valence-electron chi connectivity index (χ2n) is 10.6. The number of aliphatic hydroxyl groups is 8. The molecule has 2 aromatic carbocycles. The van der Waals surface area contributed by atoms with Crippen LogP contribution in [-0.2, 0) is 9.47 Å². The van der Waals surface area contributed by atoms with E-state index in [-0.39, 0.29) is 16.9 Å². The second-order valence-corrected chi connectivity index (χ2v) is 10.6. The normalized spacial score (nSPS) is 31.5. The number of aromatic hydroxyl groups is 3. The van der Waals surface area contributed by atoms with Crippen LogP contribution in [0.15, 0.2) is 33.5 Å². The molecule has 0 bridgehead atoms. The highest BCUT2D eigenvalue weighted by molar-refractivity contribution is 5.88. The van der Waals surface area contributed by atoms with Crippen LogP contribution in [-0.4, -0.2) is 138 Å². The molecule has 0 amide bonds. The molecule has 0 aliphatic carbocycles. The first-order chi connectivity index (χ1) is 21.8. The summed E-state index contributed by atoms with van der Waals surface area (Å²) in [5, 5.41) is 112. The highest BCUT2D eigenvalue weighted by Crippen LogP contribution is 2.45. The van der Waals surface area contributed by atoms with Crippen LogP contribution in [0.25, 0.3) is 22.3 Å². The molecule has 1 aromatic heterocycles. The van der Waals surface area contributed by atoms with Crippen LogP contribution in [0.1, 0.15) is 0 Å². The van der Waals surface area contributed by atoms with E-state index in [1.165, 1.54) is 0 Å². The van der Waals surface area contributed by atoms with Gasteiger partial charge in [0.25, 0.3) is 0 Å². The minimum atomic E-state index is -1.98. The van der Waals surface area contributed by atoms with E-state index in [0.29, 0.717) is 0 Å². The van der Waals surface area contributed by atoms with Crippen molar-refractivity contribution < 1.29 is 84.3 Å². The molecule has 0 saturated carbocycles. The molecule has 2 unspecified atom stereocenters. The summed E-state index contributed by atoms with van der Waals surface area (Å²) in [6.45, 7) is -1.60. The van der Waals surface area contributed by atoms with Crippen molar-refractivity contribution in [1.29, 1.82) is 0 Å². The number of fused-ring (bicyclic) bond motifs is 1. The zero-order valence-corrected chi connectivity index (χ0v) is 23.8. The molecule has 2 saturated heterocycles. The molecular formula is C28H32O18. The Hall–Kier alpha value is -3.95. The van der Waals surface area contributed by atoms with Gasteiger partial charge >= 0.3 is 0 Å². The number of methoxy groups -OCH3 is 1. The third kappa shape index (κ3) is 5.86. The summed E-state index contributed by atoms with van der Waals surface area (Å²) in [5.74, 6) is -4.05.